The Labute approximate surface area is 175 Å². The van der Waals surface area contributed by atoms with Crippen LogP contribution in [0, 0.1) is 29.1 Å². The van der Waals surface area contributed by atoms with Crippen molar-refractivity contribution < 1.29 is 13.2 Å². The van der Waals surface area contributed by atoms with E-state index in [1.54, 1.807) is 24.3 Å². The van der Waals surface area contributed by atoms with Gasteiger partial charge in [0.05, 0.1) is 4.90 Å². The molecule has 4 bridgehead atoms. The first-order valence-corrected chi connectivity index (χ1v) is 12.3. The summed E-state index contributed by atoms with van der Waals surface area (Å²) in [5.41, 5.74) is 0.903. The summed E-state index contributed by atoms with van der Waals surface area (Å²) in [7, 11) is -3.56. The molecule has 1 aromatic carbocycles. The van der Waals surface area contributed by atoms with Gasteiger partial charge in [-0.1, -0.05) is 32.9 Å². The molecule has 160 valence electrons. The lowest BCUT2D eigenvalue weighted by molar-refractivity contribution is -0.119. The third kappa shape index (κ3) is 4.11. The Kier molecular flexibility index (Phi) is 5.10. The van der Waals surface area contributed by atoms with Crippen LogP contribution in [0.1, 0.15) is 65.4 Å². The highest BCUT2D eigenvalue weighted by atomic mass is 32.2. The highest BCUT2D eigenvalue weighted by molar-refractivity contribution is 7.89. The Morgan fingerprint density at radius 1 is 1.07 bits per heavy atom. The molecule has 0 heterocycles. The van der Waals surface area contributed by atoms with E-state index in [0.29, 0.717) is 35.1 Å². The van der Waals surface area contributed by atoms with Crippen LogP contribution in [0.25, 0.3) is 0 Å². The molecule has 29 heavy (non-hydrogen) atoms. The minimum Gasteiger partial charge on any atom is -0.352 e. The molecule has 4 aliphatic carbocycles. The van der Waals surface area contributed by atoms with Crippen molar-refractivity contribution in [2.75, 3.05) is 0 Å². The SMILES string of the molecule is CC(=O)NCc1ccc(S(=O)(=O)NC23CC4CC(C2)C(C(C)(C)C)C(C4)C3)cc1. The van der Waals surface area contributed by atoms with Crippen LogP contribution in [-0.4, -0.2) is 19.9 Å². The number of sulfonamides is 1. The second-order valence-corrected chi connectivity index (χ2v) is 12.5. The zero-order valence-corrected chi connectivity index (χ0v) is 18.8. The molecule has 0 saturated heterocycles. The van der Waals surface area contributed by atoms with Gasteiger partial charge in [-0.2, -0.15) is 0 Å². The van der Waals surface area contributed by atoms with Gasteiger partial charge < -0.3 is 5.32 Å². The van der Waals surface area contributed by atoms with Gasteiger partial charge >= 0.3 is 0 Å². The molecule has 5 nitrogen and oxygen atoms in total. The number of carbonyl (C=O) groups is 1. The monoisotopic (exact) mass is 418 g/mol. The second-order valence-electron chi connectivity index (χ2n) is 10.8. The van der Waals surface area contributed by atoms with Gasteiger partial charge in [0.15, 0.2) is 0 Å². The Morgan fingerprint density at radius 3 is 2.17 bits per heavy atom. The average molecular weight is 419 g/mol. The predicted octanol–water partition coefficient (Wildman–Crippen LogP) is 3.84. The molecule has 0 aliphatic heterocycles. The summed E-state index contributed by atoms with van der Waals surface area (Å²) in [6.45, 7) is 8.92. The standard InChI is InChI=1S/C23H34N2O3S/c1-15(26)24-14-16-5-7-20(8-6-16)29(27,28)25-23-11-17-9-18(12-23)21(22(2,3)4)19(10-17)13-23/h5-8,17-19,21,25H,9-14H2,1-4H3,(H,24,26). The predicted molar refractivity (Wildman–Crippen MR) is 114 cm³/mol. The Hall–Kier alpha value is -1.40. The summed E-state index contributed by atoms with van der Waals surface area (Å²) < 4.78 is 29.5. The third-order valence-electron chi connectivity index (χ3n) is 7.40. The number of nitrogens with one attached hydrogen (secondary N) is 2. The molecule has 2 unspecified atom stereocenters. The van der Waals surface area contributed by atoms with Crippen molar-refractivity contribution in [2.45, 2.75) is 76.8 Å². The molecule has 4 aliphatic rings. The van der Waals surface area contributed by atoms with Crippen molar-refractivity contribution in [1.82, 2.24) is 10.0 Å². The minimum absolute atomic E-state index is 0.0984. The zero-order valence-electron chi connectivity index (χ0n) is 18.0. The number of carbonyl (C=O) groups excluding carboxylic acids is 1. The van der Waals surface area contributed by atoms with E-state index in [-0.39, 0.29) is 16.9 Å². The molecule has 4 fully saturated rings. The Bertz CT molecular complexity index is 870. The van der Waals surface area contributed by atoms with Gasteiger partial charge in [-0.3, -0.25) is 4.79 Å². The van der Waals surface area contributed by atoms with Crippen LogP contribution in [0.3, 0.4) is 0 Å². The topological polar surface area (TPSA) is 75.3 Å². The molecule has 5 rings (SSSR count). The molecule has 2 N–H and O–H groups in total. The molecular weight excluding hydrogens is 384 g/mol. The van der Waals surface area contributed by atoms with E-state index in [2.05, 4.69) is 30.8 Å². The summed E-state index contributed by atoms with van der Waals surface area (Å²) in [4.78, 5) is 11.4. The maximum absolute atomic E-state index is 13.2. The van der Waals surface area contributed by atoms with E-state index in [4.69, 9.17) is 0 Å². The van der Waals surface area contributed by atoms with E-state index in [0.717, 1.165) is 24.8 Å². The molecule has 1 amide bonds. The van der Waals surface area contributed by atoms with Crippen LogP contribution in [0.2, 0.25) is 0 Å². The van der Waals surface area contributed by atoms with Gasteiger partial charge in [-0.25, -0.2) is 13.1 Å². The van der Waals surface area contributed by atoms with Gasteiger partial charge in [0.1, 0.15) is 0 Å². The minimum atomic E-state index is -3.56. The van der Waals surface area contributed by atoms with Gasteiger partial charge in [0, 0.05) is 19.0 Å². The molecule has 0 aromatic heterocycles. The van der Waals surface area contributed by atoms with Crippen LogP contribution >= 0.6 is 0 Å². The number of hydrogen-bond acceptors (Lipinski definition) is 3. The summed E-state index contributed by atoms with van der Waals surface area (Å²) in [5.74, 6) is 2.52. The van der Waals surface area contributed by atoms with Crippen molar-refractivity contribution in [3.05, 3.63) is 29.8 Å². The van der Waals surface area contributed by atoms with Crippen molar-refractivity contribution in [3.63, 3.8) is 0 Å². The fourth-order valence-corrected chi connectivity index (χ4v) is 8.35. The smallest absolute Gasteiger partial charge is 0.241 e. The van der Waals surface area contributed by atoms with Gasteiger partial charge in [-0.05, 0) is 78.9 Å². The highest BCUT2D eigenvalue weighted by Gasteiger charge is 2.58. The molecule has 4 saturated carbocycles. The van der Waals surface area contributed by atoms with Gasteiger partial charge in [0.25, 0.3) is 0 Å². The first-order valence-electron chi connectivity index (χ1n) is 10.8. The molecule has 0 spiro atoms. The van der Waals surface area contributed by atoms with Gasteiger partial charge in [-0.15, -0.1) is 0 Å². The quantitative estimate of drug-likeness (QED) is 0.763. The van der Waals surface area contributed by atoms with Crippen molar-refractivity contribution >= 4 is 15.9 Å². The lowest BCUT2D eigenvalue weighted by Crippen LogP contribution is -2.63. The maximum atomic E-state index is 13.2. The van der Waals surface area contributed by atoms with Crippen LogP contribution in [0.4, 0.5) is 0 Å². The van der Waals surface area contributed by atoms with Crippen LogP contribution in [0.5, 0.6) is 0 Å². The molecule has 2 atom stereocenters. The van der Waals surface area contributed by atoms with Crippen LogP contribution in [-0.2, 0) is 21.4 Å². The first kappa shape index (κ1) is 20.9. The summed E-state index contributed by atoms with van der Waals surface area (Å²) in [5, 5.41) is 2.74. The fraction of sp³-hybridized carbons (Fsp3) is 0.696. The first-order chi connectivity index (χ1) is 13.5. The Morgan fingerprint density at radius 2 is 1.66 bits per heavy atom. The fourth-order valence-electron chi connectivity index (χ4n) is 6.92. The third-order valence-corrected chi connectivity index (χ3v) is 8.99. The highest BCUT2D eigenvalue weighted by Crippen LogP contribution is 2.62. The van der Waals surface area contributed by atoms with Crippen LogP contribution in [0.15, 0.2) is 29.2 Å². The Balaban J connectivity index is 1.51. The average Bonchev–Trinajstić information content (AvgIpc) is 2.57. The summed E-state index contributed by atoms with van der Waals surface area (Å²) >= 11 is 0. The van der Waals surface area contributed by atoms with E-state index in [9.17, 15) is 13.2 Å². The van der Waals surface area contributed by atoms with E-state index >= 15 is 0 Å². The maximum Gasteiger partial charge on any atom is 0.241 e. The van der Waals surface area contributed by atoms with E-state index < -0.39 is 10.0 Å². The van der Waals surface area contributed by atoms with Gasteiger partial charge in [0.2, 0.25) is 15.9 Å². The molecule has 1 aromatic rings. The molecule has 6 heteroatoms. The number of rotatable bonds is 5. The lowest BCUT2D eigenvalue weighted by Gasteiger charge is -2.62. The summed E-state index contributed by atoms with van der Waals surface area (Å²) in [6, 6.07) is 6.86. The van der Waals surface area contributed by atoms with Crippen molar-refractivity contribution in [3.8, 4) is 0 Å². The zero-order chi connectivity index (χ0) is 21.0. The van der Waals surface area contributed by atoms with Crippen LogP contribution < -0.4 is 10.0 Å². The number of amides is 1. The van der Waals surface area contributed by atoms with E-state index in [1.165, 1.54) is 19.8 Å². The van der Waals surface area contributed by atoms with Crippen molar-refractivity contribution in [1.29, 1.82) is 0 Å². The van der Waals surface area contributed by atoms with Crippen molar-refractivity contribution in [2.24, 2.45) is 29.1 Å². The lowest BCUT2D eigenvalue weighted by atomic mass is 9.45. The normalized spacial score (nSPS) is 33.7. The molecular formula is C23H34N2O3S. The molecule has 0 radical (unpaired) electrons. The number of benzene rings is 1. The summed E-state index contributed by atoms with van der Waals surface area (Å²) in [6.07, 6.45) is 5.46. The largest absolute Gasteiger partial charge is 0.352 e. The van der Waals surface area contributed by atoms with E-state index in [1.807, 2.05) is 0 Å². The number of hydrogen-bond donors (Lipinski definition) is 2. The second kappa shape index (κ2) is 7.09.